The van der Waals surface area contributed by atoms with Crippen molar-refractivity contribution in [2.45, 2.75) is 30.8 Å². The van der Waals surface area contributed by atoms with Gasteiger partial charge in [-0.2, -0.15) is 21.6 Å². The minimum atomic E-state index is -5.97. The van der Waals surface area contributed by atoms with Crippen LogP contribution in [0.1, 0.15) is 25.3 Å². The highest BCUT2D eigenvalue weighted by Gasteiger charge is 2.49. The van der Waals surface area contributed by atoms with Crippen LogP contribution in [0.2, 0.25) is 0 Å². The molecular weight excluding hydrogens is 431 g/mol. The average molecular weight is 447 g/mol. The Bertz CT molecular complexity index is 1240. The van der Waals surface area contributed by atoms with Gasteiger partial charge in [-0.25, -0.2) is 9.67 Å². The molecule has 1 aliphatic carbocycles. The van der Waals surface area contributed by atoms with E-state index in [1.807, 2.05) is 0 Å². The first-order valence-electron chi connectivity index (χ1n) is 8.58. The molecule has 0 atom stereocenters. The summed E-state index contributed by atoms with van der Waals surface area (Å²) >= 11 is 0. The van der Waals surface area contributed by atoms with Crippen molar-refractivity contribution in [3.63, 3.8) is 0 Å². The van der Waals surface area contributed by atoms with Crippen molar-refractivity contribution in [2.75, 3.05) is 0 Å². The molecule has 3 aromatic heterocycles. The van der Waals surface area contributed by atoms with Crippen molar-refractivity contribution in [1.29, 1.82) is 0 Å². The molecule has 30 heavy (non-hydrogen) atoms. The number of fused-ring (bicyclic) bond motifs is 1. The maximum atomic E-state index is 12.6. The van der Waals surface area contributed by atoms with E-state index in [1.54, 1.807) is 18.7 Å². The third-order valence-corrected chi connectivity index (χ3v) is 5.37. The highest BCUT2D eigenvalue weighted by atomic mass is 32.2. The summed E-state index contributed by atoms with van der Waals surface area (Å²) in [5, 5.41) is 2.91. The quantitative estimate of drug-likeness (QED) is 0.475. The number of rotatable bonds is 3. The van der Waals surface area contributed by atoms with E-state index in [4.69, 9.17) is 0 Å². The summed E-state index contributed by atoms with van der Waals surface area (Å²) in [6.45, 7) is 0. The second kappa shape index (κ2) is 7.93. The van der Waals surface area contributed by atoms with Gasteiger partial charge in [0.15, 0.2) is 0 Å². The summed E-state index contributed by atoms with van der Waals surface area (Å²) in [7, 11) is -4.87. The van der Waals surface area contributed by atoms with Crippen LogP contribution in [0.25, 0.3) is 10.8 Å². The molecule has 162 valence electrons. The number of alkyl halides is 3. The normalized spacial score (nSPS) is 14.7. The number of pyridine rings is 1. The Labute approximate surface area is 167 Å². The third kappa shape index (κ3) is 4.22. The molecule has 3 aromatic rings. The van der Waals surface area contributed by atoms with Crippen molar-refractivity contribution in [3.05, 3.63) is 51.7 Å². The standard InChI is InChI=1S/C13H12F3N3O5S.C3H4N2/c1-18-12(21)8-5-10(20)19(7-3-2-4-7)6-9(8)11(17-18)24-25(22,23)13(14,15)16;1-2-5-3-4-1/h5-7H,2-4H2,1H3;1-3H,(H,4,5). The van der Waals surface area contributed by atoms with Crippen molar-refractivity contribution in [3.8, 4) is 5.88 Å². The van der Waals surface area contributed by atoms with Crippen molar-refractivity contribution >= 4 is 20.9 Å². The smallest absolute Gasteiger partial charge is 0.353 e. The van der Waals surface area contributed by atoms with Gasteiger partial charge in [0.1, 0.15) is 0 Å². The number of halogens is 3. The lowest BCUT2D eigenvalue weighted by molar-refractivity contribution is -0.0501. The molecule has 1 N–H and O–H groups in total. The molecule has 10 nitrogen and oxygen atoms in total. The fraction of sp³-hybridized carbons (Fsp3) is 0.375. The van der Waals surface area contributed by atoms with Crippen molar-refractivity contribution in [1.82, 2.24) is 24.3 Å². The number of hydrogen-bond acceptors (Lipinski definition) is 7. The molecule has 1 fully saturated rings. The molecule has 1 saturated carbocycles. The zero-order chi connectivity index (χ0) is 22.1. The van der Waals surface area contributed by atoms with E-state index in [9.17, 15) is 31.2 Å². The van der Waals surface area contributed by atoms with Gasteiger partial charge < -0.3 is 13.7 Å². The summed E-state index contributed by atoms with van der Waals surface area (Å²) < 4.78 is 66.2. The SMILES string of the molecule is Cn1nc(OS(=O)(=O)C(F)(F)F)c2cn(C3CCC3)c(=O)cc2c1=O.c1c[nH]cn1. The Hall–Kier alpha value is -3.16. The van der Waals surface area contributed by atoms with Crippen LogP contribution in [0.3, 0.4) is 0 Å². The van der Waals surface area contributed by atoms with Crippen LogP contribution in [-0.4, -0.2) is 38.2 Å². The van der Waals surface area contributed by atoms with Crippen LogP contribution in [0.4, 0.5) is 13.2 Å². The van der Waals surface area contributed by atoms with E-state index in [-0.39, 0.29) is 16.8 Å². The number of aryl methyl sites for hydroxylation is 1. The number of H-pyrrole nitrogens is 1. The molecule has 3 heterocycles. The number of nitrogens with one attached hydrogen (secondary N) is 1. The van der Waals surface area contributed by atoms with Crippen LogP contribution in [0, 0.1) is 0 Å². The first-order chi connectivity index (χ1) is 14.0. The fourth-order valence-corrected chi connectivity index (χ4v) is 3.11. The Morgan fingerprint density at radius 2 is 1.93 bits per heavy atom. The van der Waals surface area contributed by atoms with Crippen LogP contribution in [-0.2, 0) is 17.2 Å². The van der Waals surface area contributed by atoms with E-state index >= 15 is 0 Å². The summed E-state index contributed by atoms with van der Waals surface area (Å²) in [4.78, 5) is 30.6. The summed E-state index contributed by atoms with van der Waals surface area (Å²) in [6.07, 6.45) is 8.48. The molecule has 0 spiro atoms. The number of imidazole rings is 1. The van der Waals surface area contributed by atoms with Crippen LogP contribution in [0.5, 0.6) is 5.88 Å². The van der Waals surface area contributed by atoms with Gasteiger partial charge >= 0.3 is 15.6 Å². The monoisotopic (exact) mass is 447 g/mol. The van der Waals surface area contributed by atoms with Crippen molar-refractivity contribution in [2.24, 2.45) is 7.05 Å². The third-order valence-electron chi connectivity index (χ3n) is 4.42. The summed E-state index contributed by atoms with van der Waals surface area (Å²) in [5.41, 5.74) is -6.92. The maximum absolute atomic E-state index is 12.6. The van der Waals surface area contributed by atoms with E-state index in [0.29, 0.717) is 17.5 Å². The van der Waals surface area contributed by atoms with Gasteiger partial charge in [0.25, 0.3) is 17.0 Å². The minimum Gasteiger partial charge on any atom is -0.353 e. The largest absolute Gasteiger partial charge is 0.534 e. The average Bonchev–Trinajstić information content (AvgIpc) is 3.18. The van der Waals surface area contributed by atoms with Crippen LogP contribution >= 0.6 is 0 Å². The lowest BCUT2D eigenvalue weighted by Crippen LogP contribution is -2.32. The molecular formula is C16H16F3N5O5S. The Morgan fingerprint density at radius 1 is 1.23 bits per heavy atom. The topological polar surface area (TPSA) is 129 Å². The number of hydrogen-bond donors (Lipinski definition) is 1. The van der Waals surface area contributed by atoms with Gasteiger partial charge in [0.05, 0.1) is 17.1 Å². The second-order valence-corrected chi connectivity index (χ2v) is 7.95. The van der Waals surface area contributed by atoms with Gasteiger partial charge in [-0.05, 0) is 19.3 Å². The van der Waals surface area contributed by atoms with Gasteiger partial charge in [0.2, 0.25) is 0 Å². The molecule has 0 aromatic carbocycles. The van der Waals surface area contributed by atoms with E-state index < -0.39 is 32.6 Å². The molecule has 0 unspecified atom stereocenters. The van der Waals surface area contributed by atoms with E-state index in [0.717, 1.165) is 25.7 Å². The first kappa shape index (κ1) is 21.5. The second-order valence-electron chi connectivity index (χ2n) is 6.41. The molecule has 0 amide bonds. The zero-order valence-electron chi connectivity index (χ0n) is 15.5. The summed E-state index contributed by atoms with van der Waals surface area (Å²) in [6, 6.07) is 0.790. The van der Waals surface area contributed by atoms with Gasteiger partial charge in [0, 0.05) is 37.7 Å². The van der Waals surface area contributed by atoms with Gasteiger partial charge in [-0.15, -0.1) is 5.10 Å². The lowest BCUT2D eigenvalue weighted by Gasteiger charge is -2.27. The van der Waals surface area contributed by atoms with Crippen LogP contribution in [0.15, 0.2) is 40.6 Å². The van der Waals surface area contributed by atoms with Crippen LogP contribution < -0.4 is 15.3 Å². The molecule has 1 aliphatic rings. The molecule has 0 bridgehead atoms. The van der Waals surface area contributed by atoms with E-state index in [2.05, 4.69) is 19.2 Å². The first-order valence-corrected chi connectivity index (χ1v) is 9.99. The predicted molar refractivity (Wildman–Crippen MR) is 98.3 cm³/mol. The number of aromatic nitrogens is 5. The number of nitrogens with zero attached hydrogens (tertiary/aromatic N) is 4. The molecule has 0 radical (unpaired) electrons. The molecule has 14 heteroatoms. The van der Waals surface area contributed by atoms with Gasteiger partial charge in [-0.3, -0.25) is 9.59 Å². The predicted octanol–water partition coefficient (Wildman–Crippen LogP) is 1.46. The molecule has 4 rings (SSSR count). The minimum absolute atomic E-state index is 0.159. The summed E-state index contributed by atoms with van der Waals surface area (Å²) in [5.74, 6) is -0.914. The Kier molecular flexibility index (Phi) is 5.70. The van der Waals surface area contributed by atoms with Gasteiger partial charge in [-0.1, -0.05) is 0 Å². The Balaban J connectivity index is 0.000000448. The fourth-order valence-electron chi connectivity index (χ4n) is 2.68. The van der Waals surface area contributed by atoms with Crippen molar-refractivity contribution < 1.29 is 25.8 Å². The maximum Gasteiger partial charge on any atom is 0.534 e. The lowest BCUT2D eigenvalue weighted by atomic mass is 9.92. The molecule has 0 saturated heterocycles. The number of aromatic amines is 1. The highest BCUT2D eigenvalue weighted by molar-refractivity contribution is 7.88. The zero-order valence-corrected chi connectivity index (χ0v) is 16.3. The highest BCUT2D eigenvalue weighted by Crippen LogP contribution is 2.32. The Morgan fingerprint density at radius 3 is 2.40 bits per heavy atom. The van der Waals surface area contributed by atoms with E-state index in [1.165, 1.54) is 4.57 Å². The molecule has 0 aliphatic heterocycles.